The second-order valence-electron chi connectivity index (χ2n) is 6.84. The van der Waals surface area contributed by atoms with Crippen molar-refractivity contribution in [3.63, 3.8) is 0 Å². The van der Waals surface area contributed by atoms with Gasteiger partial charge in [-0.3, -0.25) is 0 Å². The van der Waals surface area contributed by atoms with Gasteiger partial charge in [0.2, 0.25) is 0 Å². The highest BCUT2D eigenvalue weighted by Gasteiger charge is 2.32. The SMILES string of the molecule is COc1cc2ncnc(N3CC(CC(C)N(C)S(N)(=O)=O)C3)c2cc1OC. The van der Waals surface area contributed by atoms with Crippen LogP contribution in [-0.4, -0.2) is 63.1 Å². The van der Waals surface area contributed by atoms with Gasteiger partial charge in [-0.2, -0.15) is 12.7 Å². The summed E-state index contributed by atoms with van der Waals surface area (Å²) in [4.78, 5) is 10.9. The third kappa shape index (κ3) is 3.92. The van der Waals surface area contributed by atoms with Crippen LogP contribution in [0.4, 0.5) is 5.82 Å². The molecule has 0 saturated carbocycles. The first-order valence-electron chi connectivity index (χ1n) is 8.62. The van der Waals surface area contributed by atoms with Crippen LogP contribution >= 0.6 is 0 Å². The zero-order chi connectivity index (χ0) is 19.8. The van der Waals surface area contributed by atoms with Crippen molar-refractivity contribution in [2.24, 2.45) is 11.1 Å². The molecule has 1 aliphatic rings. The number of benzene rings is 1. The summed E-state index contributed by atoms with van der Waals surface area (Å²) in [6.07, 6.45) is 2.28. The Hall–Kier alpha value is -2.17. The van der Waals surface area contributed by atoms with Crippen molar-refractivity contribution in [2.75, 3.05) is 39.3 Å². The van der Waals surface area contributed by atoms with E-state index in [1.165, 1.54) is 17.7 Å². The van der Waals surface area contributed by atoms with E-state index in [0.717, 1.165) is 36.2 Å². The van der Waals surface area contributed by atoms with E-state index in [-0.39, 0.29) is 6.04 Å². The van der Waals surface area contributed by atoms with Gasteiger partial charge in [-0.1, -0.05) is 0 Å². The Balaban J connectivity index is 1.75. The Morgan fingerprint density at radius 1 is 1.26 bits per heavy atom. The zero-order valence-electron chi connectivity index (χ0n) is 15.9. The van der Waals surface area contributed by atoms with Crippen molar-refractivity contribution in [3.8, 4) is 11.5 Å². The van der Waals surface area contributed by atoms with Crippen molar-refractivity contribution < 1.29 is 17.9 Å². The van der Waals surface area contributed by atoms with Gasteiger partial charge >= 0.3 is 0 Å². The highest BCUT2D eigenvalue weighted by atomic mass is 32.2. The standard InChI is InChI=1S/C17H25N5O4S/c1-11(21(2)27(18,23)24)5-12-8-22(9-12)17-13-6-15(25-3)16(26-4)7-14(13)19-10-20-17/h6-7,10-12H,5,8-9H2,1-4H3,(H2,18,23,24). The van der Waals surface area contributed by atoms with Gasteiger partial charge in [0.05, 0.1) is 19.7 Å². The lowest BCUT2D eigenvalue weighted by atomic mass is 9.92. The molecule has 1 aromatic heterocycles. The average molecular weight is 395 g/mol. The van der Waals surface area contributed by atoms with Gasteiger partial charge in [0.1, 0.15) is 12.1 Å². The number of nitrogens with zero attached hydrogens (tertiary/aromatic N) is 4. The first kappa shape index (κ1) is 19.6. The predicted molar refractivity (Wildman–Crippen MR) is 103 cm³/mol. The fraction of sp³-hybridized carbons (Fsp3) is 0.529. The Morgan fingerprint density at radius 2 is 1.89 bits per heavy atom. The maximum atomic E-state index is 11.5. The van der Waals surface area contributed by atoms with Crippen LogP contribution < -0.4 is 19.5 Å². The molecule has 0 radical (unpaired) electrons. The summed E-state index contributed by atoms with van der Waals surface area (Å²) < 4.78 is 34.9. The van der Waals surface area contributed by atoms with E-state index in [9.17, 15) is 8.42 Å². The van der Waals surface area contributed by atoms with Crippen LogP contribution in [0.25, 0.3) is 10.9 Å². The average Bonchev–Trinajstić information content (AvgIpc) is 2.61. The van der Waals surface area contributed by atoms with Crippen LogP contribution in [0.5, 0.6) is 11.5 Å². The van der Waals surface area contributed by atoms with Gasteiger partial charge in [0.25, 0.3) is 10.2 Å². The molecule has 1 aliphatic heterocycles. The molecule has 0 amide bonds. The van der Waals surface area contributed by atoms with Gasteiger partial charge in [-0.05, 0) is 25.3 Å². The Kier molecular flexibility index (Phi) is 5.41. The van der Waals surface area contributed by atoms with E-state index >= 15 is 0 Å². The summed E-state index contributed by atoms with van der Waals surface area (Å²) in [5.74, 6) is 2.46. The summed E-state index contributed by atoms with van der Waals surface area (Å²) in [5, 5.41) is 6.09. The molecular weight excluding hydrogens is 370 g/mol. The summed E-state index contributed by atoms with van der Waals surface area (Å²) in [7, 11) is 1.02. The maximum Gasteiger partial charge on any atom is 0.276 e. The first-order chi connectivity index (χ1) is 12.7. The molecule has 1 saturated heterocycles. The first-order valence-corrected chi connectivity index (χ1v) is 10.1. The summed E-state index contributed by atoms with van der Waals surface area (Å²) in [6, 6.07) is 3.56. The minimum atomic E-state index is -3.67. The topological polar surface area (TPSA) is 111 Å². The monoisotopic (exact) mass is 395 g/mol. The minimum Gasteiger partial charge on any atom is -0.493 e. The predicted octanol–water partition coefficient (Wildman–Crippen LogP) is 0.997. The van der Waals surface area contributed by atoms with Gasteiger partial charge in [0.15, 0.2) is 11.5 Å². The van der Waals surface area contributed by atoms with E-state index in [2.05, 4.69) is 14.9 Å². The summed E-state index contributed by atoms with van der Waals surface area (Å²) in [6.45, 7) is 3.46. The van der Waals surface area contributed by atoms with Crippen molar-refractivity contribution in [3.05, 3.63) is 18.5 Å². The van der Waals surface area contributed by atoms with Crippen LogP contribution in [0, 0.1) is 5.92 Å². The second kappa shape index (κ2) is 7.45. The van der Waals surface area contributed by atoms with Gasteiger partial charge < -0.3 is 14.4 Å². The van der Waals surface area contributed by atoms with Gasteiger partial charge in [-0.15, -0.1) is 0 Å². The number of rotatable bonds is 7. The molecule has 2 aromatic rings. The Bertz CT molecular complexity index is 930. The zero-order valence-corrected chi connectivity index (χ0v) is 16.7. The smallest absolute Gasteiger partial charge is 0.276 e. The molecule has 9 nitrogen and oxygen atoms in total. The molecule has 2 heterocycles. The third-order valence-electron chi connectivity index (χ3n) is 5.07. The molecular formula is C17H25N5O4S. The van der Waals surface area contributed by atoms with Gasteiger partial charge in [-0.25, -0.2) is 15.1 Å². The molecule has 2 N–H and O–H groups in total. The van der Waals surface area contributed by atoms with Crippen LogP contribution in [0.3, 0.4) is 0 Å². The third-order valence-corrected chi connectivity index (χ3v) is 6.24. The Morgan fingerprint density at radius 3 is 2.48 bits per heavy atom. The van der Waals surface area contributed by atoms with Crippen LogP contribution in [-0.2, 0) is 10.2 Å². The molecule has 1 aromatic carbocycles. The van der Waals surface area contributed by atoms with Crippen molar-refractivity contribution in [1.82, 2.24) is 14.3 Å². The van der Waals surface area contributed by atoms with E-state index in [1.807, 2.05) is 19.1 Å². The van der Waals surface area contributed by atoms with Gasteiger partial charge in [0, 0.05) is 37.6 Å². The van der Waals surface area contributed by atoms with E-state index in [1.54, 1.807) is 14.2 Å². The number of nitrogens with two attached hydrogens (primary N) is 1. The molecule has 1 atom stereocenters. The minimum absolute atomic E-state index is 0.154. The highest BCUT2D eigenvalue weighted by Crippen LogP contribution is 2.37. The number of anilines is 1. The summed E-state index contributed by atoms with van der Waals surface area (Å²) >= 11 is 0. The number of aromatic nitrogens is 2. The fourth-order valence-corrected chi connectivity index (χ4v) is 3.98. The molecule has 1 unspecified atom stereocenters. The van der Waals surface area contributed by atoms with Crippen LogP contribution in [0.15, 0.2) is 18.5 Å². The number of ether oxygens (including phenoxy) is 2. The van der Waals surface area contributed by atoms with Crippen molar-refractivity contribution >= 4 is 26.9 Å². The van der Waals surface area contributed by atoms with E-state index in [4.69, 9.17) is 14.6 Å². The second-order valence-corrected chi connectivity index (χ2v) is 8.44. The maximum absolute atomic E-state index is 11.5. The number of hydrogen-bond donors (Lipinski definition) is 1. The molecule has 27 heavy (non-hydrogen) atoms. The fourth-order valence-electron chi connectivity index (χ4n) is 3.40. The lowest BCUT2D eigenvalue weighted by molar-refractivity contribution is 0.284. The quantitative estimate of drug-likeness (QED) is 0.744. The molecule has 10 heteroatoms. The highest BCUT2D eigenvalue weighted by molar-refractivity contribution is 7.86. The van der Waals surface area contributed by atoms with Crippen LogP contribution in [0.2, 0.25) is 0 Å². The Labute approximate surface area is 159 Å². The number of hydrogen-bond acceptors (Lipinski definition) is 7. The molecule has 3 rings (SSSR count). The number of methoxy groups -OCH3 is 2. The lowest BCUT2D eigenvalue weighted by Gasteiger charge is -2.42. The molecule has 0 spiro atoms. The van der Waals surface area contributed by atoms with E-state index in [0.29, 0.717) is 17.4 Å². The number of fused-ring (bicyclic) bond motifs is 1. The molecule has 0 bridgehead atoms. The normalized spacial score (nSPS) is 16.4. The van der Waals surface area contributed by atoms with Crippen molar-refractivity contribution in [1.29, 1.82) is 0 Å². The molecule has 1 fully saturated rings. The molecule has 148 valence electrons. The van der Waals surface area contributed by atoms with Crippen LogP contribution in [0.1, 0.15) is 13.3 Å². The largest absolute Gasteiger partial charge is 0.493 e. The van der Waals surface area contributed by atoms with Crippen molar-refractivity contribution in [2.45, 2.75) is 19.4 Å². The lowest BCUT2D eigenvalue weighted by Crippen LogP contribution is -2.50. The summed E-state index contributed by atoms with van der Waals surface area (Å²) in [5.41, 5.74) is 0.781. The van der Waals surface area contributed by atoms with E-state index < -0.39 is 10.2 Å². The molecule has 0 aliphatic carbocycles.